The lowest BCUT2D eigenvalue weighted by atomic mass is 10.1. The van der Waals surface area contributed by atoms with Gasteiger partial charge in [-0.15, -0.1) is 11.3 Å². The van der Waals surface area contributed by atoms with Gasteiger partial charge in [-0.1, -0.05) is 6.07 Å². The van der Waals surface area contributed by atoms with Crippen molar-refractivity contribution in [1.29, 1.82) is 0 Å². The van der Waals surface area contributed by atoms with Crippen molar-refractivity contribution < 1.29 is 4.74 Å². The van der Waals surface area contributed by atoms with Gasteiger partial charge in [-0.25, -0.2) is 4.98 Å². The number of methoxy groups -OCH3 is 1. The quantitative estimate of drug-likeness (QED) is 0.881. The van der Waals surface area contributed by atoms with Crippen LogP contribution in [-0.4, -0.2) is 31.1 Å². The number of rotatable bonds is 6. The van der Waals surface area contributed by atoms with E-state index in [4.69, 9.17) is 4.74 Å². The van der Waals surface area contributed by atoms with Crippen molar-refractivity contribution >= 4 is 17.0 Å². The third kappa shape index (κ3) is 3.94. The first-order valence-corrected chi connectivity index (χ1v) is 7.06. The minimum Gasteiger partial charge on any atom is -0.495 e. The molecule has 0 radical (unpaired) electrons. The first-order valence-electron chi connectivity index (χ1n) is 6.11. The molecule has 0 atom stereocenters. The Bertz CT molecular complexity index is 511. The van der Waals surface area contributed by atoms with Crippen molar-refractivity contribution in [3.8, 4) is 5.75 Å². The van der Waals surface area contributed by atoms with Gasteiger partial charge < -0.3 is 15.0 Å². The number of thiazole rings is 1. The minimum atomic E-state index is 0.714. The fraction of sp³-hybridized carbons (Fsp3) is 0.357. The Morgan fingerprint density at radius 1 is 1.37 bits per heavy atom. The van der Waals surface area contributed by atoms with Crippen molar-refractivity contribution in [2.75, 3.05) is 26.5 Å². The van der Waals surface area contributed by atoms with Gasteiger partial charge in [0.05, 0.1) is 30.5 Å². The van der Waals surface area contributed by atoms with E-state index in [-0.39, 0.29) is 0 Å². The molecule has 19 heavy (non-hydrogen) atoms. The van der Waals surface area contributed by atoms with Gasteiger partial charge >= 0.3 is 0 Å². The molecule has 5 heteroatoms. The molecule has 2 rings (SSSR count). The van der Waals surface area contributed by atoms with Gasteiger partial charge in [0, 0.05) is 11.9 Å². The van der Waals surface area contributed by atoms with Crippen LogP contribution in [-0.2, 0) is 13.1 Å². The van der Waals surface area contributed by atoms with Gasteiger partial charge in [0.2, 0.25) is 0 Å². The molecule has 4 nitrogen and oxygen atoms in total. The number of nitrogens with zero attached hydrogens (tertiary/aromatic N) is 2. The number of hydrogen-bond acceptors (Lipinski definition) is 5. The van der Waals surface area contributed by atoms with Gasteiger partial charge in [0.15, 0.2) is 0 Å². The molecule has 1 aromatic carbocycles. The summed E-state index contributed by atoms with van der Waals surface area (Å²) in [4.78, 5) is 6.41. The average Bonchev–Trinajstić information content (AvgIpc) is 2.89. The first kappa shape index (κ1) is 13.8. The predicted molar refractivity (Wildman–Crippen MR) is 79.8 cm³/mol. The zero-order valence-electron chi connectivity index (χ0n) is 11.5. The summed E-state index contributed by atoms with van der Waals surface area (Å²) in [6.07, 6.45) is 0. The van der Waals surface area contributed by atoms with Crippen LogP contribution in [0.3, 0.4) is 0 Å². The van der Waals surface area contributed by atoms with Crippen LogP contribution >= 0.6 is 11.3 Å². The molecule has 0 amide bonds. The summed E-state index contributed by atoms with van der Waals surface area (Å²) >= 11 is 1.61. The summed E-state index contributed by atoms with van der Waals surface area (Å²) in [5, 5.41) is 5.43. The third-order valence-corrected chi connectivity index (χ3v) is 3.34. The number of benzene rings is 1. The minimum absolute atomic E-state index is 0.714. The van der Waals surface area contributed by atoms with Gasteiger partial charge in [0.25, 0.3) is 0 Å². The molecule has 0 bridgehead atoms. The monoisotopic (exact) mass is 277 g/mol. The maximum absolute atomic E-state index is 5.38. The topological polar surface area (TPSA) is 37.4 Å². The van der Waals surface area contributed by atoms with Gasteiger partial charge in [-0.2, -0.15) is 0 Å². The van der Waals surface area contributed by atoms with Crippen LogP contribution in [0.4, 0.5) is 5.69 Å². The summed E-state index contributed by atoms with van der Waals surface area (Å²) in [6.45, 7) is 1.63. The SMILES string of the molecule is COc1ccc(CN(C)C)cc1NCc1cscn1. The van der Waals surface area contributed by atoms with Crippen LogP contribution in [0, 0.1) is 0 Å². The van der Waals surface area contributed by atoms with Crippen molar-refractivity contribution in [2.45, 2.75) is 13.1 Å². The molecule has 1 aromatic heterocycles. The number of aromatic nitrogens is 1. The fourth-order valence-corrected chi connectivity index (χ4v) is 2.43. The highest BCUT2D eigenvalue weighted by Gasteiger charge is 2.05. The Balaban J connectivity index is 2.11. The van der Waals surface area contributed by atoms with Crippen LogP contribution in [0.1, 0.15) is 11.3 Å². The lowest BCUT2D eigenvalue weighted by Gasteiger charge is -2.14. The highest BCUT2D eigenvalue weighted by atomic mass is 32.1. The zero-order chi connectivity index (χ0) is 13.7. The molecule has 0 spiro atoms. The molecule has 2 aromatic rings. The highest BCUT2D eigenvalue weighted by Crippen LogP contribution is 2.26. The van der Waals surface area contributed by atoms with E-state index in [0.29, 0.717) is 6.54 Å². The van der Waals surface area contributed by atoms with E-state index in [1.165, 1.54) is 5.56 Å². The maximum atomic E-state index is 5.38. The Hall–Kier alpha value is -1.59. The van der Waals surface area contributed by atoms with Crippen molar-refractivity contribution in [3.05, 3.63) is 40.3 Å². The smallest absolute Gasteiger partial charge is 0.141 e. The van der Waals surface area contributed by atoms with E-state index in [9.17, 15) is 0 Å². The van der Waals surface area contributed by atoms with Crippen molar-refractivity contribution in [3.63, 3.8) is 0 Å². The largest absolute Gasteiger partial charge is 0.495 e. The van der Waals surface area contributed by atoms with Gasteiger partial charge in [-0.05, 0) is 31.8 Å². The van der Waals surface area contributed by atoms with Crippen LogP contribution in [0.5, 0.6) is 5.75 Å². The Kier molecular flexibility index (Phi) is 4.76. The van der Waals surface area contributed by atoms with E-state index in [2.05, 4.69) is 41.4 Å². The molecule has 0 aliphatic heterocycles. The summed E-state index contributed by atoms with van der Waals surface area (Å²) < 4.78 is 5.38. The molecule has 0 saturated carbocycles. The normalized spacial score (nSPS) is 10.7. The zero-order valence-corrected chi connectivity index (χ0v) is 12.3. The third-order valence-electron chi connectivity index (χ3n) is 2.71. The highest BCUT2D eigenvalue weighted by molar-refractivity contribution is 7.07. The second-order valence-electron chi connectivity index (χ2n) is 4.61. The Labute approximate surface area is 118 Å². The Morgan fingerprint density at radius 3 is 2.84 bits per heavy atom. The molecule has 1 heterocycles. The summed E-state index contributed by atoms with van der Waals surface area (Å²) in [7, 11) is 5.81. The molecule has 0 aliphatic carbocycles. The Morgan fingerprint density at radius 2 is 2.21 bits per heavy atom. The molecule has 0 aliphatic rings. The first-order chi connectivity index (χ1) is 9.19. The number of nitrogens with one attached hydrogen (secondary N) is 1. The molecule has 0 saturated heterocycles. The second kappa shape index (κ2) is 6.54. The van der Waals surface area contributed by atoms with E-state index < -0.39 is 0 Å². The lowest BCUT2D eigenvalue weighted by Crippen LogP contribution is -2.11. The number of ether oxygens (including phenoxy) is 1. The van der Waals surface area contributed by atoms with Gasteiger partial charge in [0.1, 0.15) is 5.75 Å². The van der Waals surface area contributed by atoms with E-state index in [1.54, 1.807) is 18.4 Å². The van der Waals surface area contributed by atoms with Crippen molar-refractivity contribution in [1.82, 2.24) is 9.88 Å². The molecular weight excluding hydrogens is 258 g/mol. The van der Waals surface area contributed by atoms with Gasteiger partial charge in [-0.3, -0.25) is 0 Å². The van der Waals surface area contributed by atoms with Crippen LogP contribution < -0.4 is 10.1 Å². The van der Waals surface area contributed by atoms with Crippen LogP contribution in [0.2, 0.25) is 0 Å². The molecule has 0 fully saturated rings. The van der Waals surface area contributed by atoms with E-state index >= 15 is 0 Å². The van der Waals surface area contributed by atoms with E-state index in [0.717, 1.165) is 23.7 Å². The summed E-state index contributed by atoms with van der Waals surface area (Å²) in [6, 6.07) is 6.22. The van der Waals surface area contributed by atoms with E-state index in [1.807, 2.05) is 17.0 Å². The van der Waals surface area contributed by atoms with Crippen LogP contribution in [0.25, 0.3) is 0 Å². The summed E-state index contributed by atoms with van der Waals surface area (Å²) in [5.74, 6) is 0.859. The maximum Gasteiger partial charge on any atom is 0.141 e. The van der Waals surface area contributed by atoms with Crippen LogP contribution in [0.15, 0.2) is 29.1 Å². The molecular formula is C14H19N3OS. The molecule has 1 N–H and O–H groups in total. The van der Waals surface area contributed by atoms with Crippen molar-refractivity contribution in [2.24, 2.45) is 0 Å². The fourth-order valence-electron chi connectivity index (χ4n) is 1.87. The average molecular weight is 277 g/mol. The number of anilines is 1. The molecule has 0 unspecified atom stereocenters. The molecule has 102 valence electrons. The lowest BCUT2D eigenvalue weighted by molar-refractivity contribution is 0.400. The second-order valence-corrected chi connectivity index (χ2v) is 5.32. The standard InChI is InChI=1S/C14H19N3OS/c1-17(2)8-11-4-5-14(18-3)13(6-11)15-7-12-9-19-10-16-12/h4-6,9-10,15H,7-8H2,1-3H3. The summed E-state index contributed by atoms with van der Waals surface area (Å²) in [5.41, 5.74) is 5.16. The number of hydrogen-bond donors (Lipinski definition) is 1. The predicted octanol–water partition coefficient (Wildman–Crippen LogP) is 2.83.